The number of carbonyl (C=O) groups is 1. The quantitative estimate of drug-likeness (QED) is 0.643. The third kappa shape index (κ3) is 5.04. The Kier molecular flexibility index (Phi) is 6.50. The van der Waals surface area contributed by atoms with E-state index in [0.29, 0.717) is 11.1 Å². The van der Waals surface area contributed by atoms with Crippen molar-refractivity contribution in [3.05, 3.63) is 101 Å². The Bertz CT molecular complexity index is 1150. The first-order valence-corrected chi connectivity index (χ1v) is 10.7. The van der Waals surface area contributed by atoms with E-state index in [0.717, 1.165) is 11.1 Å². The standard InChI is InChI=1S/C23H20N2O4S/c1-17-7-13-21(14-8-17)30(27,28)22(20-11-9-18(15-24)10-12-20)25-23(26)29-16-19-5-3-2-4-6-19/h2-14,22H,16H2,1H3,(H,25,26). The van der Waals surface area contributed by atoms with Crippen molar-refractivity contribution < 1.29 is 17.9 Å². The first-order valence-electron chi connectivity index (χ1n) is 9.18. The molecule has 7 heteroatoms. The summed E-state index contributed by atoms with van der Waals surface area (Å²) < 4.78 is 31.8. The smallest absolute Gasteiger partial charge is 0.408 e. The van der Waals surface area contributed by atoms with Crippen molar-refractivity contribution in [2.75, 3.05) is 0 Å². The van der Waals surface area contributed by atoms with E-state index in [-0.39, 0.29) is 11.5 Å². The lowest BCUT2D eigenvalue weighted by atomic mass is 10.1. The lowest BCUT2D eigenvalue weighted by Gasteiger charge is -2.20. The highest BCUT2D eigenvalue weighted by atomic mass is 32.2. The number of amides is 1. The minimum Gasteiger partial charge on any atom is -0.445 e. The van der Waals surface area contributed by atoms with Crippen molar-refractivity contribution in [2.24, 2.45) is 0 Å². The van der Waals surface area contributed by atoms with Crippen LogP contribution in [0.3, 0.4) is 0 Å². The van der Waals surface area contributed by atoms with Gasteiger partial charge in [0.15, 0.2) is 5.37 Å². The van der Waals surface area contributed by atoms with Crippen LogP contribution in [0.4, 0.5) is 4.79 Å². The molecular weight excluding hydrogens is 400 g/mol. The number of benzene rings is 3. The molecule has 0 spiro atoms. The maximum Gasteiger partial charge on any atom is 0.408 e. The number of carbonyl (C=O) groups excluding carboxylic acids is 1. The molecule has 0 heterocycles. The van der Waals surface area contributed by atoms with Crippen molar-refractivity contribution >= 4 is 15.9 Å². The van der Waals surface area contributed by atoms with Gasteiger partial charge in [-0.2, -0.15) is 5.26 Å². The molecule has 6 nitrogen and oxygen atoms in total. The Morgan fingerprint density at radius 3 is 2.23 bits per heavy atom. The van der Waals surface area contributed by atoms with Gasteiger partial charge in [0.25, 0.3) is 0 Å². The molecule has 1 N–H and O–H groups in total. The van der Waals surface area contributed by atoms with Crippen molar-refractivity contribution in [1.29, 1.82) is 5.26 Å². The monoisotopic (exact) mass is 420 g/mol. The van der Waals surface area contributed by atoms with Gasteiger partial charge in [-0.25, -0.2) is 13.2 Å². The van der Waals surface area contributed by atoms with E-state index in [1.165, 1.54) is 36.4 Å². The molecule has 3 aromatic carbocycles. The summed E-state index contributed by atoms with van der Waals surface area (Å²) in [6.45, 7) is 1.87. The van der Waals surface area contributed by atoms with Gasteiger partial charge in [0.2, 0.25) is 9.84 Å². The molecule has 0 saturated heterocycles. The number of hydrogen-bond acceptors (Lipinski definition) is 5. The van der Waals surface area contributed by atoms with E-state index in [4.69, 9.17) is 10.00 Å². The molecule has 1 atom stereocenters. The van der Waals surface area contributed by atoms with E-state index in [1.807, 2.05) is 31.2 Å². The van der Waals surface area contributed by atoms with Gasteiger partial charge in [0.05, 0.1) is 16.5 Å². The zero-order valence-corrected chi connectivity index (χ0v) is 17.1. The van der Waals surface area contributed by atoms with Crippen molar-refractivity contribution in [3.8, 4) is 6.07 Å². The average molecular weight is 420 g/mol. The Morgan fingerprint density at radius 2 is 1.63 bits per heavy atom. The number of sulfone groups is 1. The topological polar surface area (TPSA) is 96.3 Å². The fraction of sp³-hybridized carbons (Fsp3) is 0.130. The first-order chi connectivity index (χ1) is 14.4. The molecule has 0 aromatic heterocycles. The van der Waals surface area contributed by atoms with Gasteiger partial charge >= 0.3 is 6.09 Å². The predicted octanol–water partition coefficient (Wildman–Crippen LogP) is 4.27. The van der Waals surface area contributed by atoms with Gasteiger partial charge < -0.3 is 10.1 Å². The first kappa shape index (κ1) is 21.1. The van der Waals surface area contributed by atoms with Crippen LogP contribution < -0.4 is 5.32 Å². The number of nitrogens with one attached hydrogen (secondary N) is 1. The molecule has 3 rings (SSSR count). The van der Waals surface area contributed by atoms with Gasteiger partial charge in [0, 0.05) is 0 Å². The largest absolute Gasteiger partial charge is 0.445 e. The Hall–Kier alpha value is -3.63. The summed E-state index contributed by atoms with van der Waals surface area (Å²) >= 11 is 0. The van der Waals surface area contributed by atoms with E-state index >= 15 is 0 Å². The number of rotatable bonds is 6. The maximum atomic E-state index is 13.3. The summed E-state index contributed by atoms with van der Waals surface area (Å²) in [6, 6.07) is 23.5. The number of nitrogens with zero attached hydrogens (tertiary/aromatic N) is 1. The SMILES string of the molecule is Cc1ccc(S(=O)(=O)C(NC(=O)OCc2ccccc2)c2ccc(C#N)cc2)cc1. The van der Waals surface area contributed by atoms with Crippen LogP contribution in [-0.4, -0.2) is 14.5 Å². The summed E-state index contributed by atoms with van der Waals surface area (Å²) in [6.07, 6.45) is -0.858. The molecule has 0 fully saturated rings. The van der Waals surface area contributed by atoms with E-state index < -0.39 is 21.3 Å². The summed E-state index contributed by atoms with van der Waals surface area (Å²) in [7, 11) is -3.96. The van der Waals surface area contributed by atoms with Gasteiger partial charge in [-0.3, -0.25) is 0 Å². The maximum absolute atomic E-state index is 13.3. The van der Waals surface area contributed by atoms with Crippen molar-refractivity contribution in [1.82, 2.24) is 5.32 Å². The molecule has 0 aliphatic heterocycles. The molecule has 0 aliphatic rings. The van der Waals surface area contributed by atoms with Crippen molar-refractivity contribution in [3.63, 3.8) is 0 Å². The third-order valence-corrected chi connectivity index (χ3v) is 6.40. The number of nitriles is 1. The fourth-order valence-electron chi connectivity index (χ4n) is 2.81. The Labute approximate surface area is 175 Å². The second kappa shape index (κ2) is 9.25. The zero-order valence-electron chi connectivity index (χ0n) is 16.3. The molecule has 0 saturated carbocycles. The van der Waals surface area contributed by atoms with Crippen LogP contribution >= 0.6 is 0 Å². The van der Waals surface area contributed by atoms with Crippen molar-refractivity contribution in [2.45, 2.75) is 23.8 Å². The van der Waals surface area contributed by atoms with Crippen LogP contribution in [-0.2, 0) is 21.2 Å². The molecule has 3 aromatic rings. The summed E-state index contributed by atoms with van der Waals surface area (Å²) in [5.74, 6) is 0. The van der Waals surface area contributed by atoms with E-state index in [2.05, 4.69) is 5.32 Å². The van der Waals surface area contributed by atoms with Crippen LogP contribution in [0.25, 0.3) is 0 Å². The van der Waals surface area contributed by atoms with Gasteiger partial charge in [-0.1, -0.05) is 60.2 Å². The van der Waals surface area contributed by atoms with E-state index in [9.17, 15) is 13.2 Å². The third-order valence-electron chi connectivity index (χ3n) is 4.46. The highest BCUT2D eigenvalue weighted by molar-refractivity contribution is 7.91. The minimum atomic E-state index is -3.96. The predicted molar refractivity (Wildman–Crippen MR) is 112 cm³/mol. The average Bonchev–Trinajstić information content (AvgIpc) is 2.77. The van der Waals surface area contributed by atoms with Crippen LogP contribution in [0.2, 0.25) is 0 Å². The van der Waals surface area contributed by atoms with Crippen LogP contribution in [0.15, 0.2) is 83.8 Å². The molecule has 0 bridgehead atoms. The Morgan fingerprint density at radius 1 is 1.00 bits per heavy atom. The number of ether oxygens (including phenoxy) is 1. The number of aryl methyl sites for hydroxylation is 1. The fourth-order valence-corrected chi connectivity index (χ4v) is 4.36. The number of alkyl carbamates (subject to hydrolysis) is 1. The van der Waals surface area contributed by atoms with E-state index in [1.54, 1.807) is 24.3 Å². The second-order valence-electron chi connectivity index (χ2n) is 6.68. The van der Waals surface area contributed by atoms with Gasteiger partial charge in [0.1, 0.15) is 6.61 Å². The van der Waals surface area contributed by atoms with Crippen LogP contribution in [0.1, 0.15) is 27.6 Å². The highest BCUT2D eigenvalue weighted by Crippen LogP contribution is 2.27. The minimum absolute atomic E-state index is 0.0113. The van der Waals surface area contributed by atoms with Gasteiger partial charge in [-0.15, -0.1) is 0 Å². The molecule has 30 heavy (non-hydrogen) atoms. The molecule has 1 amide bonds. The zero-order chi connectivity index (χ0) is 21.6. The van der Waals surface area contributed by atoms with Gasteiger partial charge in [-0.05, 0) is 42.3 Å². The highest BCUT2D eigenvalue weighted by Gasteiger charge is 2.31. The summed E-state index contributed by atoms with van der Waals surface area (Å²) in [5.41, 5.74) is 2.41. The van der Waals surface area contributed by atoms with Crippen LogP contribution in [0, 0.1) is 18.3 Å². The lowest BCUT2D eigenvalue weighted by molar-refractivity contribution is 0.138. The summed E-state index contributed by atoms with van der Waals surface area (Å²) in [5, 5.41) is 10.1. The summed E-state index contributed by atoms with van der Waals surface area (Å²) in [4.78, 5) is 12.5. The Balaban J connectivity index is 1.88. The van der Waals surface area contributed by atoms with Crippen LogP contribution in [0.5, 0.6) is 0 Å². The lowest BCUT2D eigenvalue weighted by Crippen LogP contribution is -2.34. The molecule has 1 unspecified atom stereocenters. The molecule has 0 radical (unpaired) electrons. The molecule has 152 valence electrons. The normalized spacial score (nSPS) is 11.9. The molecule has 0 aliphatic carbocycles. The second-order valence-corrected chi connectivity index (χ2v) is 8.71. The molecular formula is C23H20N2O4S. The number of hydrogen-bond donors (Lipinski definition) is 1.